The lowest BCUT2D eigenvalue weighted by Crippen LogP contribution is -2.12. The number of unbranched alkanes of at least 4 members (excludes halogenated alkanes) is 1. The first-order valence-electron chi connectivity index (χ1n) is 6.75. The Bertz CT molecular complexity index is 398. The molecule has 1 aromatic rings. The minimum atomic E-state index is -2.33. The van der Waals surface area contributed by atoms with Crippen molar-refractivity contribution in [3.63, 3.8) is 0 Å². The van der Waals surface area contributed by atoms with Crippen molar-refractivity contribution in [1.29, 1.82) is 0 Å². The Morgan fingerprint density at radius 1 is 1.37 bits per heavy atom. The average molecular weight is 284 g/mol. The van der Waals surface area contributed by atoms with Crippen LogP contribution >= 0.6 is 0 Å². The van der Waals surface area contributed by atoms with Crippen molar-refractivity contribution < 1.29 is 13.5 Å². The van der Waals surface area contributed by atoms with E-state index < -0.39 is 11.3 Å². The summed E-state index contributed by atoms with van der Waals surface area (Å²) in [6.45, 7) is 4.96. The Kier molecular flexibility index (Phi) is 7.52. The molecule has 2 atom stereocenters. The quantitative estimate of drug-likeness (QED) is 0.706. The number of rotatable bonds is 9. The summed E-state index contributed by atoms with van der Waals surface area (Å²) in [6, 6.07) is 7.08. The zero-order valence-electron chi connectivity index (χ0n) is 11.6. The normalized spacial score (nSPS) is 13.8. The Hall–Kier alpha value is -1.07. The maximum Gasteiger partial charge on any atom is 0.143 e. The van der Waals surface area contributed by atoms with E-state index in [1.165, 1.54) is 12.8 Å². The molecule has 108 valence electrons. The van der Waals surface area contributed by atoms with Crippen LogP contribution < -0.4 is 9.46 Å². The van der Waals surface area contributed by atoms with Gasteiger partial charge in [-0.15, -0.1) is 0 Å². The fourth-order valence-electron chi connectivity index (χ4n) is 1.87. The second-order valence-corrected chi connectivity index (χ2v) is 5.23. The molecule has 0 fully saturated rings. The summed E-state index contributed by atoms with van der Waals surface area (Å²) < 4.78 is 29.5. The smallest absolute Gasteiger partial charge is 0.143 e. The summed E-state index contributed by atoms with van der Waals surface area (Å²) in [5.41, 5.74) is 0.487. The van der Waals surface area contributed by atoms with Gasteiger partial charge >= 0.3 is 0 Å². The van der Waals surface area contributed by atoms with E-state index in [1.807, 2.05) is 6.07 Å². The molecule has 0 bridgehead atoms. The van der Waals surface area contributed by atoms with Crippen molar-refractivity contribution in [2.24, 2.45) is 5.92 Å². The third-order valence-corrected chi connectivity index (χ3v) is 3.48. The summed E-state index contributed by atoms with van der Waals surface area (Å²) in [6.07, 6.45) is 4.61. The van der Waals surface area contributed by atoms with Crippen molar-refractivity contribution in [3.8, 4) is 5.75 Å². The predicted molar refractivity (Wildman–Crippen MR) is 77.8 cm³/mol. The van der Waals surface area contributed by atoms with E-state index >= 15 is 0 Å². The lowest BCUT2D eigenvalue weighted by molar-refractivity contribution is 0.234. The number of anilines is 1. The number of nitrogens with one attached hydrogen (secondary N) is 1. The minimum Gasteiger partial charge on any atom is -0.755 e. The van der Waals surface area contributed by atoms with Crippen LogP contribution in [0.3, 0.4) is 0 Å². The number of benzene rings is 1. The van der Waals surface area contributed by atoms with Crippen LogP contribution in [0.15, 0.2) is 24.3 Å². The van der Waals surface area contributed by atoms with Crippen LogP contribution in [-0.4, -0.2) is 15.4 Å². The SMILES string of the molecule is CCCCC(CC)COc1ccccc1NS(=O)[O-]. The molecule has 19 heavy (non-hydrogen) atoms. The van der Waals surface area contributed by atoms with Crippen LogP contribution in [0.1, 0.15) is 39.5 Å². The molecule has 0 aliphatic rings. The third kappa shape index (κ3) is 6.07. The first-order valence-corrected chi connectivity index (χ1v) is 7.82. The van der Waals surface area contributed by atoms with Gasteiger partial charge in [0.2, 0.25) is 0 Å². The minimum absolute atomic E-state index is 0.487. The highest BCUT2D eigenvalue weighted by Gasteiger charge is 2.09. The number of ether oxygens (including phenoxy) is 1. The Morgan fingerprint density at radius 3 is 2.74 bits per heavy atom. The highest BCUT2D eigenvalue weighted by Crippen LogP contribution is 2.25. The maximum atomic E-state index is 10.7. The van der Waals surface area contributed by atoms with Gasteiger partial charge in [-0.05, 0) is 24.5 Å². The molecule has 0 heterocycles. The Balaban J connectivity index is 2.58. The zero-order valence-corrected chi connectivity index (χ0v) is 12.4. The van der Waals surface area contributed by atoms with Crippen LogP contribution in [0, 0.1) is 5.92 Å². The molecule has 1 rings (SSSR count). The van der Waals surface area contributed by atoms with E-state index in [9.17, 15) is 8.76 Å². The van der Waals surface area contributed by atoms with Gasteiger partial charge < -0.3 is 14.0 Å². The monoisotopic (exact) mass is 284 g/mol. The molecule has 0 spiro atoms. The van der Waals surface area contributed by atoms with Gasteiger partial charge in [0, 0.05) is 11.3 Å². The van der Waals surface area contributed by atoms with Crippen molar-refractivity contribution >= 4 is 17.0 Å². The van der Waals surface area contributed by atoms with Crippen LogP contribution in [0.25, 0.3) is 0 Å². The molecule has 0 aliphatic carbocycles. The van der Waals surface area contributed by atoms with E-state index in [0.29, 0.717) is 24.0 Å². The highest BCUT2D eigenvalue weighted by molar-refractivity contribution is 7.80. The molecule has 0 saturated heterocycles. The van der Waals surface area contributed by atoms with Crippen LogP contribution in [0.2, 0.25) is 0 Å². The lowest BCUT2D eigenvalue weighted by atomic mass is 10.0. The van der Waals surface area contributed by atoms with Crippen LogP contribution in [0.4, 0.5) is 5.69 Å². The molecule has 2 unspecified atom stereocenters. The van der Waals surface area contributed by atoms with Gasteiger partial charge in [-0.3, -0.25) is 4.21 Å². The van der Waals surface area contributed by atoms with Crippen LogP contribution in [0.5, 0.6) is 5.75 Å². The molecule has 0 radical (unpaired) electrons. The van der Waals surface area contributed by atoms with Gasteiger partial charge in [0.05, 0.1) is 12.3 Å². The highest BCUT2D eigenvalue weighted by atomic mass is 32.2. The summed E-state index contributed by atoms with van der Waals surface area (Å²) in [5.74, 6) is 1.10. The summed E-state index contributed by atoms with van der Waals surface area (Å²) in [5, 5.41) is 0. The molecule has 1 aromatic carbocycles. The Labute approximate surface area is 118 Å². The zero-order chi connectivity index (χ0) is 14.1. The number of hydrogen-bond acceptors (Lipinski definition) is 3. The molecule has 0 aromatic heterocycles. The van der Waals surface area contributed by atoms with Crippen LogP contribution in [-0.2, 0) is 11.3 Å². The first-order chi connectivity index (χ1) is 9.17. The van der Waals surface area contributed by atoms with E-state index in [2.05, 4.69) is 18.6 Å². The lowest BCUT2D eigenvalue weighted by Gasteiger charge is -2.18. The number of para-hydroxylation sites is 2. The van der Waals surface area contributed by atoms with Gasteiger partial charge in [-0.25, -0.2) is 0 Å². The fourth-order valence-corrected chi connectivity index (χ4v) is 2.22. The van der Waals surface area contributed by atoms with Crippen molar-refractivity contribution in [1.82, 2.24) is 0 Å². The fraction of sp³-hybridized carbons (Fsp3) is 0.571. The number of hydrogen-bond donors (Lipinski definition) is 1. The molecule has 0 saturated carbocycles. The molecular weight excluding hydrogens is 262 g/mol. The summed E-state index contributed by atoms with van der Waals surface area (Å²) >= 11 is -2.33. The van der Waals surface area contributed by atoms with Crippen molar-refractivity contribution in [2.75, 3.05) is 11.3 Å². The second-order valence-electron chi connectivity index (χ2n) is 4.56. The topological polar surface area (TPSA) is 61.4 Å². The van der Waals surface area contributed by atoms with Crippen molar-refractivity contribution in [3.05, 3.63) is 24.3 Å². The van der Waals surface area contributed by atoms with E-state index in [1.54, 1.807) is 18.2 Å². The molecule has 5 heteroatoms. The van der Waals surface area contributed by atoms with Gasteiger partial charge in [-0.2, -0.15) is 0 Å². The second kappa shape index (κ2) is 8.93. The van der Waals surface area contributed by atoms with E-state index in [0.717, 1.165) is 12.8 Å². The van der Waals surface area contributed by atoms with E-state index in [-0.39, 0.29) is 0 Å². The molecule has 4 nitrogen and oxygen atoms in total. The average Bonchev–Trinajstić information content (AvgIpc) is 2.40. The van der Waals surface area contributed by atoms with Gasteiger partial charge in [0.25, 0.3) is 0 Å². The maximum absolute atomic E-state index is 10.7. The summed E-state index contributed by atoms with van der Waals surface area (Å²) in [7, 11) is 0. The van der Waals surface area contributed by atoms with Gasteiger partial charge in [-0.1, -0.05) is 45.2 Å². The van der Waals surface area contributed by atoms with E-state index in [4.69, 9.17) is 4.74 Å². The molecular formula is C14H22NO3S-. The standard InChI is InChI=1S/C14H23NO3S/c1-3-5-8-12(4-2)11-18-14-10-7-6-9-13(14)15-19(16)17/h6-7,9-10,12,15H,3-5,8,11H2,1-2H3,(H,16,17)/p-1. The first kappa shape index (κ1) is 16.0. The Morgan fingerprint density at radius 2 is 2.11 bits per heavy atom. The van der Waals surface area contributed by atoms with Crippen molar-refractivity contribution in [2.45, 2.75) is 39.5 Å². The van der Waals surface area contributed by atoms with Gasteiger partial charge in [0.1, 0.15) is 5.75 Å². The summed E-state index contributed by atoms with van der Waals surface area (Å²) in [4.78, 5) is 0. The molecule has 0 amide bonds. The third-order valence-electron chi connectivity index (χ3n) is 3.10. The predicted octanol–water partition coefficient (Wildman–Crippen LogP) is 3.49. The largest absolute Gasteiger partial charge is 0.755 e. The molecule has 1 N–H and O–H groups in total. The van der Waals surface area contributed by atoms with Gasteiger partial charge in [0.15, 0.2) is 0 Å². The molecule has 0 aliphatic heterocycles.